The molecule has 0 bridgehead atoms. The number of rotatable bonds is 5. The van der Waals surface area contributed by atoms with Gasteiger partial charge in [0.15, 0.2) is 5.82 Å². The van der Waals surface area contributed by atoms with Gasteiger partial charge in [-0.1, -0.05) is 18.2 Å². The van der Waals surface area contributed by atoms with E-state index in [0.29, 0.717) is 12.2 Å². The van der Waals surface area contributed by atoms with Crippen LogP contribution in [-0.4, -0.2) is 28.3 Å². The molecule has 1 amide bonds. The summed E-state index contributed by atoms with van der Waals surface area (Å²) in [5.74, 6) is 0.400. The number of benzene rings is 1. The summed E-state index contributed by atoms with van der Waals surface area (Å²) in [7, 11) is 1.46. The Morgan fingerprint density at radius 2 is 2.10 bits per heavy atom. The van der Waals surface area contributed by atoms with E-state index in [2.05, 4.69) is 20.6 Å². The Labute approximate surface area is 115 Å². The molecule has 7 nitrogen and oxygen atoms in total. The highest BCUT2D eigenvalue weighted by Gasteiger charge is 2.09. The monoisotopic (exact) mass is 274 g/mol. The van der Waals surface area contributed by atoms with Gasteiger partial charge in [0.2, 0.25) is 5.88 Å². The maximum atomic E-state index is 10.5. The summed E-state index contributed by atoms with van der Waals surface area (Å²) in [5, 5.41) is 13.9. The summed E-state index contributed by atoms with van der Waals surface area (Å²) in [6.07, 6.45) is 0.148. The average Bonchev–Trinajstić information content (AvgIpc) is 2.46. The fourth-order valence-corrected chi connectivity index (χ4v) is 1.59. The third-order valence-corrected chi connectivity index (χ3v) is 2.47. The number of methoxy groups -OCH3 is 1. The smallest absolute Gasteiger partial charge is 0.410 e. The molecule has 7 heteroatoms. The molecule has 1 heterocycles. The number of nitrogens with one attached hydrogen (secondary N) is 2. The molecule has 1 aromatic heterocycles. The van der Waals surface area contributed by atoms with Crippen LogP contribution in [-0.2, 0) is 6.54 Å². The average molecular weight is 274 g/mol. The normalized spacial score (nSPS) is 9.85. The molecule has 0 atom stereocenters. The lowest BCUT2D eigenvalue weighted by Gasteiger charge is -2.10. The first kappa shape index (κ1) is 13.6. The first-order valence-electron chi connectivity index (χ1n) is 5.88. The molecule has 0 aliphatic rings. The summed E-state index contributed by atoms with van der Waals surface area (Å²) < 4.78 is 5.11. The van der Waals surface area contributed by atoms with Crippen LogP contribution >= 0.6 is 0 Å². The van der Waals surface area contributed by atoms with Crippen LogP contribution in [0.4, 0.5) is 16.3 Å². The molecule has 0 aliphatic heterocycles. The van der Waals surface area contributed by atoms with Gasteiger partial charge in [0.25, 0.3) is 0 Å². The highest BCUT2D eigenvalue weighted by atomic mass is 16.5. The van der Waals surface area contributed by atoms with Crippen molar-refractivity contribution in [3.05, 3.63) is 42.2 Å². The number of anilines is 2. The van der Waals surface area contributed by atoms with Crippen LogP contribution in [0.5, 0.6) is 5.88 Å². The van der Waals surface area contributed by atoms with E-state index in [1.165, 1.54) is 13.3 Å². The van der Waals surface area contributed by atoms with E-state index in [0.717, 1.165) is 5.69 Å². The zero-order valence-corrected chi connectivity index (χ0v) is 10.8. The highest BCUT2D eigenvalue weighted by Crippen LogP contribution is 2.17. The van der Waals surface area contributed by atoms with Gasteiger partial charge < -0.3 is 15.2 Å². The summed E-state index contributed by atoms with van der Waals surface area (Å²) in [4.78, 5) is 18.7. The minimum atomic E-state index is -1.20. The van der Waals surface area contributed by atoms with Crippen molar-refractivity contribution >= 4 is 17.6 Å². The van der Waals surface area contributed by atoms with E-state index in [1.807, 2.05) is 30.3 Å². The molecule has 0 aliphatic carbocycles. The lowest BCUT2D eigenvalue weighted by molar-refractivity contribution is 0.209. The fraction of sp³-hybridized carbons (Fsp3) is 0.154. The molecule has 0 radical (unpaired) electrons. The summed E-state index contributed by atoms with van der Waals surface area (Å²) >= 11 is 0. The number of aromatic nitrogens is 2. The van der Waals surface area contributed by atoms with Gasteiger partial charge in [-0.05, 0) is 12.1 Å². The molecule has 0 saturated carbocycles. The third-order valence-electron chi connectivity index (χ3n) is 2.47. The van der Waals surface area contributed by atoms with Gasteiger partial charge in [0.1, 0.15) is 5.69 Å². The molecule has 3 N–H and O–H groups in total. The Morgan fingerprint density at radius 3 is 2.75 bits per heavy atom. The molecule has 0 spiro atoms. The number of carbonyl (C=O) groups is 1. The summed E-state index contributed by atoms with van der Waals surface area (Å²) in [5.41, 5.74) is 1.54. The summed E-state index contributed by atoms with van der Waals surface area (Å²) in [6, 6.07) is 9.63. The van der Waals surface area contributed by atoms with Gasteiger partial charge >= 0.3 is 6.09 Å². The van der Waals surface area contributed by atoms with Crippen LogP contribution in [0.25, 0.3) is 0 Å². The van der Waals surface area contributed by atoms with Gasteiger partial charge in [0.05, 0.1) is 19.9 Å². The van der Waals surface area contributed by atoms with Crippen molar-refractivity contribution in [3.63, 3.8) is 0 Å². The second-order valence-electron chi connectivity index (χ2n) is 3.86. The number of nitrogens with zero attached hydrogens (tertiary/aromatic N) is 2. The van der Waals surface area contributed by atoms with Gasteiger partial charge in [0, 0.05) is 5.69 Å². The predicted octanol–water partition coefficient (Wildman–Crippen LogP) is 2.19. The zero-order valence-electron chi connectivity index (χ0n) is 10.8. The molecule has 1 aromatic carbocycles. The number of para-hydroxylation sites is 1. The Kier molecular flexibility index (Phi) is 4.33. The Hall–Kier alpha value is -2.83. The Morgan fingerprint density at radius 1 is 1.35 bits per heavy atom. The van der Waals surface area contributed by atoms with Crippen molar-refractivity contribution in [3.8, 4) is 5.88 Å². The van der Waals surface area contributed by atoms with E-state index in [4.69, 9.17) is 9.84 Å². The van der Waals surface area contributed by atoms with Crippen molar-refractivity contribution in [2.75, 3.05) is 17.7 Å². The lowest BCUT2D eigenvalue weighted by Crippen LogP contribution is -2.12. The van der Waals surface area contributed by atoms with E-state index in [-0.39, 0.29) is 11.7 Å². The quantitative estimate of drug-likeness (QED) is 0.773. The molecule has 2 aromatic rings. The van der Waals surface area contributed by atoms with Gasteiger partial charge in [-0.25, -0.2) is 9.78 Å². The topological polar surface area (TPSA) is 96.4 Å². The molecule has 2 rings (SSSR count). The predicted molar refractivity (Wildman–Crippen MR) is 74.0 cm³/mol. The minimum absolute atomic E-state index is 0.123. The number of carboxylic acid groups (broad SMARTS) is 1. The Balaban J connectivity index is 2.09. The van der Waals surface area contributed by atoms with Gasteiger partial charge in [-0.3, -0.25) is 5.32 Å². The van der Waals surface area contributed by atoms with Crippen LogP contribution in [0.2, 0.25) is 0 Å². The van der Waals surface area contributed by atoms with Crippen molar-refractivity contribution in [2.24, 2.45) is 0 Å². The van der Waals surface area contributed by atoms with Gasteiger partial charge in [-0.15, -0.1) is 0 Å². The zero-order chi connectivity index (χ0) is 14.4. The largest absolute Gasteiger partial charge is 0.480 e. The highest BCUT2D eigenvalue weighted by molar-refractivity contribution is 5.81. The van der Waals surface area contributed by atoms with Crippen molar-refractivity contribution in [1.82, 2.24) is 9.97 Å². The standard InChI is InChI=1S/C13H14N4O3/c1-20-12-10(7-14-9-5-3-2-4-6-9)15-8-11(16-12)17-13(18)19/h2-6,8,14H,7H2,1H3,(H,16,17)(H,18,19). The van der Waals surface area contributed by atoms with E-state index < -0.39 is 6.09 Å². The SMILES string of the molecule is COc1nc(NC(=O)O)cnc1CNc1ccccc1. The molecular formula is C13H14N4O3. The van der Waals surface area contributed by atoms with E-state index >= 15 is 0 Å². The van der Waals surface area contributed by atoms with Crippen LogP contribution in [0.3, 0.4) is 0 Å². The number of amides is 1. The van der Waals surface area contributed by atoms with Crippen molar-refractivity contribution in [2.45, 2.75) is 6.54 Å². The number of ether oxygens (including phenoxy) is 1. The van der Waals surface area contributed by atoms with Crippen LogP contribution in [0.1, 0.15) is 5.69 Å². The maximum Gasteiger partial charge on any atom is 0.410 e. The van der Waals surface area contributed by atoms with Crippen LogP contribution < -0.4 is 15.4 Å². The second kappa shape index (κ2) is 6.37. The summed E-state index contributed by atoms with van der Waals surface area (Å²) in [6.45, 7) is 0.424. The third kappa shape index (κ3) is 3.58. The second-order valence-corrected chi connectivity index (χ2v) is 3.86. The molecule has 0 saturated heterocycles. The number of hydrogen-bond acceptors (Lipinski definition) is 5. The fourth-order valence-electron chi connectivity index (χ4n) is 1.59. The molecule has 0 fully saturated rings. The van der Waals surface area contributed by atoms with E-state index in [9.17, 15) is 4.79 Å². The minimum Gasteiger partial charge on any atom is -0.480 e. The molecule has 20 heavy (non-hydrogen) atoms. The Bertz CT molecular complexity index is 589. The van der Waals surface area contributed by atoms with Crippen molar-refractivity contribution in [1.29, 1.82) is 0 Å². The first-order chi connectivity index (χ1) is 9.69. The first-order valence-corrected chi connectivity index (χ1v) is 5.88. The molecule has 104 valence electrons. The lowest BCUT2D eigenvalue weighted by atomic mass is 10.3. The van der Waals surface area contributed by atoms with E-state index in [1.54, 1.807) is 0 Å². The molecule has 0 unspecified atom stereocenters. The maximum absolute atomic E-state index is 10.5. The van der Waals surface area contributed by atoms with Crippen LogP contribution in [0.15, 0.2) is 36.5 Å². The van der Waals surface area contributed by atoms with Gasteiger partial charge in [-0.2, -0.15) is 4.98 Å². The molecular weight excluding hydrogens is 260 g/mol. The van der Waals surface area contributed by atoms with Crippen LogP contribution in [0, 0.1) is 0 Å². The van der Waals surface area contributed by atoms with Crippen molar-refractivity contribution < 1.29 is 14.6 Å². The number of hydrogen-bond donors (Lipinski definition) is 3.